The van der Waals surface area contributed by atoms with Crippen molar-refractivity contribution in [3.05, 3.63) is 29.8 Å². The summed E-state index contributed by atoms with van der Waals surface area (Å²) >= 11 is 2.04. The van der Waals surface area contributed by atoms with Crippen LogP contribution in [0.25, 0.3) is 0 Å². The van der Waals surface area contributed by atoms with E-state index in [1.807, 2.05) is 23.9 Å². The highest BCUT2D eigenvalue weighted by Crippen LogP contribution is 2.25. The summed E-state index contributed by atoms with van der Waals surface area (Å²) in [5, 5.41) is 4.22. The maximum atomic E-state index is 12.1. The third-order valence-electron chi connectivity index (χ3n) is 3.53. The smallest absolute Gasteiger partial charge is 0.387 e. The molecule has 20 heavy (non-hydrogen) atoms. The van der Waals surface area contributed by atoms with Gasteiger partial charge in [-0.05, 0) is 43.2 Å². The topological polar surface area (TPSA) is 21.3 Å². The molecule has 1 aliphatic rings. The Balaban J connectivity index is 1.80. The number of nitrogens with one attached hydrogen (secondary N) is 1. The molecule has 112 valence electrons. The number of thioether (sulfide) groups is 1. The van der Waals surface area contributed by atoms with Gasteiger partial charge in [0.25, 0.3) is 0 Å². The molecule has 0 saturated carbocycles. The molecule has 2 rings (SSSR count). The van der Waals surface area contributed by atoms with Crippen molar-refractivity contribution in [2.75, 3.05) is 12.3 Å². The molecular weight excluding hydrogens is 280 g/mol. The van der Waals surface area contributed by atoms with Crippen molar-refractivity contribution in [2.45, 2.75) is 44.1 Å². The van der Waals surface area contributed by atoms with E-state index in [0.29, 0.717) is 5.25 Å². The molecule has 0 bridgehead atoms. The summed E-state index contributed by atoms with van der Waals surface area (Å²) in [6.07, 6.45) is 3.95. The van der Waals surface area contributed by atoms with Crippen LogP contribution in [0.3, 0.4) is 0 Å². The fraction of sp³-hybridized carbons (Fsp3) is 0.600. The normalized spacial score (nSPS) is 20.9. The minimum atomic E-state index is -2.76. The van der Waals surface area contributed by atoms with E-state index in [4.69, 9.17) is 0 Å². The molecule has 1 heterocycles. The van der Waals surface area contributed by atoms with E-state index < -0.39 is 6.61 Å². The maximum Gasteiger partial charge on any atom is 0.387 e. The second kappa shape index (κ2) is 7.84. The quantitative estimate of drug-likeness (QED) is 0.850. The van der Waals surface area contributed by atoms with E-state index in [9.17, 15) is 8.78 Å². The van der Waals surface area contributed by atoms with Gasteiger partial charge in [-0.2, -0.15) is 20.5 Å². The molecule has 1 N–H and O–H groups in total. The van der Waals surface area contributed by atoms with Gasteiger partial charge in [0, 0.05) is 17.8 Å². The van der Waals surface area contributed by atoms with Crippen molar-refractivity contribution in [3.8, 4) is 5.75 Å². The predicted molar refractivity (Wildman–Crippen MR) is 79.6 cm³/mol. The summed E-state index contributed by atoms with van der Waals surface area (Å²) < 4.78 is 28.5. The lowest BCUT2D eigenvalue weighted by molar-refractivity contribution is -0.0498. The monoisotopic (exact) mass is 301 g/mol. The number of hydrogen-bond acceptors (Lipinski definition) is 3. The SMILES string of the molecule is CC(NCC1CCCCS1)c1ccc(OC(F)F)cc1. The summed E-state index contributed by atoms with van der Waals surface area (Å²) in [6, 6.07) is 7.08. The highest BCUT2D eigenvalue weighted by atomic mass is 32.2. The molecule has 0 spiro atoms. The molecule has 0 radical (unpaired) electrons. The van der Waals surface area contributed by atoms with Gasteiger partial charge in [0.2, 0.25) is 0 Å². The maximum absolute atomic E-state index is 12.1. The zero-order valence-corrected chi connectivity index (χ0v) is 12.5. The van der Waals surface area contributed by atoms with Crippen LogP contribution < -0.4 is 10.1 Å². The minimum Gasteiger partial charge on any atom is -0.435 e. The van der Waals surface area contributed by atoms with Gasteiger partial charge in [-0.3, -0.25) is 0 Å². The molecule has 0 aliphatic carbocycles. The average Bonchev–Trinajstić information content (AvgIpc) is 2.46. The third-order valence-corrected chi connectivity index (χ3v) is 4.93. The van der Waals surface area contributed by atoms with Gasteiger partial charge in [-0.25, -0.2) is 0 Å². The van der Waals surface area contributed by atoms with Crippen molar-refractivity contribution in [1.82, 2.24) is 5.32 Å². The number of alkyl halides is 2. The summed E-state index contributed by atoms with van der Waals surface area (Å²) in [4.78, 5) is 0. The molecule has 2 nitrogen and oxygen atoms in total. The first-order valence-electron chi connectivity index (χ1n) is 7.05. The van der Waals surface area contributed by atoms with Crippen LogP contribution in [0.2, 0.25) is 0 Å². The van der Waals surface area contributed by atoms with Crippen molar-refractivity contribution < 1.29 is 13.5 Å². The summed E-state index contributed by atoms with van der Waals surface area (Å²) in [5.74, 6) is 1.47. The molecule has 5 heteroatoms. The molecule has 0 amide bonds. The number of hydrogen-bond donors (Lipinski definition) is 1. The largest absolute Gasteiger partial charge is 0.435 e. The zero-order valence-electron chi connectivity index (χ0n) is 11.6. The Morgan fingerprint density at radius 1 is 1.30 bits per heavy atom. The number of rotatable bonds is 6. The lowest BCUT2D eigenvalue weighted by Gasteiger charge is -2.24. The average molecular weight is 301 g/mol. The van der Waals surface area contributed by atoms with Crippen molar-refractivity contribution in [2.24, 2.45) is 0 Å². The fourth-order valence-corrected chi connectivity index (χ4v) is 3.58. The van der Waals surface area contributed by atoms with Gasteiger partial charge >= 0.3 is 6.61 Å². The van der Waals surface area contributed by atoms with E-state index in [1.54, 1.807) is 12.1 Å². The van der Waals surface area contributed by atoms with E-state index in [0.717, 1.165) is 12.1 Å². The number of ether oxygens (including phenoxy) is 1. The van der Waals surface area contributed by atoms with Crippen LogP contribution in [0.15, 0.2) is 24.3 Å². The van der Waals surface area contributed by atoms with Crippen molar-refractivity contribution >= 4 is 11.8 Å². The first-order valence-corrected chi connectivity index (χ1v) is 8.10. The summed E-state index contributed by atoms with van der Waals surface area (Å²) in [5.41, 5.74) is 1.09. The van der Waals surface area contributed by atoms with Crippen LogP contribution in [0.4, 0.5) is 8.78 Å². The molecule has 0 aromatic heterocycles. The molecular formula is C15H21F2NOS. The molecule has 2 atom stereocenters. The Labute approximate surface area is 123 Å². The Kier molecular flexibility index (Phi) is 6.10. The molecule has 1 aromatic carbocycles. The van der Waals surface area contributed by atoms with Gasteiger partial charge in [0.1, 0.15) is 5.75 Å². The predicted octanol–water partition coefficient (Wildman–Crippen LogP) is 4.22. The number of benzene rings is 1. The molecule has 1 aliphatic heterocycles. The second-order valence-electron chi connectivity index (χ2n) is 5.07. The third kappa shape index (κ3) is 4.94. The van der Waals surface area contributed by atoms with Gasteiger partial charge < -0.3 is 10.1 Å². The van der Waals surface area contributed by atoms with E-state index >= 15 is 0 Å². The minimum absolute atomic E-state index is 0.207. The van der Waals surface area contributed by atoms with Crippen LogP contribution >= 0.6 is 11.8 Å². The van der Waals surface area contributed by atoms with Crippen molar-refractivity contribution in [3.63, 3.8) is 0 Å². The van der Waals surface area contributed by atoms with Crippen LogP contribution in [0.1, 0.15) is 37.8 Å². The summed E-state index contributed by atoms with van der Waals surface area (Å²) in [7, 11) is 0. The van der Waals surface area contributed by atoms with Crippen LogP contribution in [0.5, 0.6) is 5.75 Å². The van der Waals surface area contributed by atoms with Gasteiger partial charge in [0.15, 0.2) is 0 Å². The van der Waals surface area contributed by atoms with Gasteiger partial charge in [0.05, 0.1) is 0 Å². The Morgan fingerprint density at radius 3 is 2.65 bits per heavy atom. The highest BCUT2D eigenvalue weighted by Gasteiger charge is 2.15. The lowest BCUT2D eigenvalue weighted by atomic mass is 10.1. The standard InChI is InChI=1S/C15H21F2NOS/c1-11(18-10-14-4-2-3-9-20-14)12-5-7-13(8-6-12)19-15(16)17/h5-8,11,14-15,18H,2-4,9-10H2,1H3. The van der Waals surface area contributed by atoms with Crippen LogP contribution in [-0.2, 0) is 0 Å². The zero-order chi connectivity index (χ0) is 14.4. The Morgan fingerprint density at radius 2 is 2.05 bits per heavy atom. The first-order chi connectivity index (χ1) is 9.65. The molecule has 2 unspecified atom stereocenters. The summed E-state index contributed by atoms with van der Waals surface area (Å²) in [6.45, 7) is 0.331. The Bertz CT molecular complexity index is 393. The fourth-order valence-electron chi connectivity index (χ4n) is 2.33. The molecule has 1 saturated heterocycles. The van der Waals surface area contributed by atoms with Crippen LogP contribution in [-0.4, -0.2) is 24.2 Å². The van der Waals surface area contributed by atoms with Gasteiger partial charge in [-0.1, -0.05) is 18.6 Å². The first kappa shape index (κ1) is 15.6. The van der Waals surface area contributed by atoms with E-state index in [1.165, 1.54) is 25.0 Å². The number of halogens is 2. The van der Waals surface area contributed by atoms with E-state index in [-0.39, 0.29) is 11.8 Å². The Hall–Kier alpha value is -0.810. The van der Waals surface area contributed by atoms with Crippen molar-refractivity contribution in [1.29, 1.82) is 0 Å². The van der Waals surface area contributed by atoms with E-state index in [2.05, 4.69) is 17.0 Å². The van der Waals surface area contributed by atoms with Crippen LogP contribution in [0, 0.1) is 0 Å². The van der Waals surface area contributed by atoms with Gasteiger partial charge in [-0.15, -0.1) is 0 Å². The second-order valence-corrected chi connectivity index (χ2v) is 6.47. The molecule has 1 aromatic rings. The lowest BCUT2D eigenvalue weighted by Crippen LogP contribution is -2.28. The molecule has 1 fully saturated rings. The highest BCUT2D eigenvalue weighted by molar-refractivity contribution is 7.99.